The van der Waals surface area contributed by atoms with Gasteiger partial charge in [-0.15, -0.1) is 11.8 Å². The van der Waals surface area contributed by atoms with Crippen molar-refractivity contribution in [3.63, 3.8) is 0 Å². The summed E-state index contributed by atoms with van der Waals surface area (Å²) in [4.78, 5) is 26.7. The molecule has 8 heteroatoms. The molecule has 1 aromatic rings. The van der Waals surface area contributed by atoms with Crippen LogP contribution in [0.2, 0.25) is 0 Å². The first-order valence-corrected chi connectivity index (χ1v) is 12.5. The van der Waals surface area contributed by atoms with Crippen LogP contribution in [-0.4, -0.2) is 57.5 Å². The van der Waals surface area contributed by atoms with Gasteiger partial charge < -0.3 is 25.7 Å². The highest BCUT2D eigenvalue weighted by Gasteiger charge is 2.60. The smallest absolute Gasteiger partial charge is 0.353 e. The Bertz CT molecular complexity index is 941. The van der Waals surface area contributed by atoms with Crippen molar-refractivity contribution in [1.29, 1.82) is 0 Å². The van der Waals surface area contributed by atoms with E-state index in [1.54, 1.807) is 18.7 Å². The number of rotatable bonds is 6. The lowest BCUT2D eigenvalue weighted by Crippen LogP contribution is -2.63. The Morgan fingerprint density at radius 3 is 2.47 bits per heavy atom. The zero-order valence-corrected chi connectivity index (χ0v) is 19.3. The van der Waals surface area contributed by atoms with E-state index in [0.717, 1.165) is 24.4 Å². The number of amides is 1. The quantitative estimate of drug-likeness (QED) is 0.487. The molecule has 4 aliphatic heterocycles. The molecule has 0 unspecified atom stereocenters. The summed E-state index contributed by atoms with van der Waals surface area (Å²) in [7, 11) is 0. The number of fused-ring (bicyclic) bond motifs is 1. The zero-order chi connectivity index (χ0) is 22.6. The number of benzene rings is 1. The normalized spacial score (nSPS) is 35.2. The number of nitrogens with one attached hydrogen (secondary N) is 2. The summed E-state index contributed by atoms with van der Waals surface area (Å²) in [5.74, 6) is -1.93. The number of carboxylic acid groups (broad SMARTS) is 1. The molecule has 0 spiro atoms. The molecule has 32 heavy (non-hydrogen) atoms. The van der Waals surface area contributed by atoms with Crippen molar-refractivity contribution in [3.05, 3.63) is 46.0 Å². The minimum atomic E-state index is -1.06. The van der Waals surface area contributed by atoms with Gasteiger partial charge in [0.2, 0.25) is 5.91 Å². The lowest BCUT2D eigenvalue weighted by molar-refractivity contribution is -0.163. The second kappa shape index (κ2) is 8.48. The van der Waals surface area contributed by atoms with Crippen LogP contribution in [-0.2, 0) is 9.59 Å². The molecule has 7 nitrogen and oxygen atoms in total. The maximum absolute atomic E-state index is 12.5. The van der Waals surface area contributed by atoms with Crippen molar-refractivity contribution in [2.45, 2.75) is 62.6 Å². The Hall–Kier alpha value is -1.87. The number of aliphatic hydroxyl groups excluding tert-OH is 1. The number of nitrogens with zero attached hydrogens (tertiary/aromatic N) is 1. The van der Waals surface area contributed by atoms with Crippen LogP contribution in [0, 0.1) is 11.8 Å². The topological polar surface area (TPSA) is 102 Å². The lowest BCUT2D eigenvalue weighted by atomic mass is 9.79. The van der Waals surface area contributed by atoms with Crippen LogP contribution < -0.4 is 10.6 Å². The number of thioether (sulfide) groups is 1. The van der Waals surface area contributed by atoms with Crippen LogP contribution >= 0.6 is 11.8 Å². The first-order chi connectivity index (χ1) is 15.4. The summed E-state index contributed by atoms with van der Waals surface area (Å²) in [6, 6.07) is 9.31. The molecule has 0 aromatic heterocycles. The van der Waals surface area contributed by atoms with Gasteiger partial charge in [0.1, 0.15) is 5.70 Å². The molecule has 0 bridgehead atoms. The third-order valence-corrected chi connectivity index (χ3v) is 9.01. The summed E-state index contributed by atoms with van der Waals surface area (Å²) in [6.45, 7) is 5.47. The molecular weight excluding hydrogens is 426 g/mol. The van der Waals surface area contributed by atoms with E-state index in [2.05, 4.69) is 34.9 Å². The van der Waals surface area contributed by atoms with Gasteiger partial charge in [0.15, 0.2) is 0 Å². The average molecular weight is 458 g/mol. The highest BCUT2D eigenvalue weighted by atomic mass is 32.2. The molecule has 3 fully saturated rings. The largest absolute Gasteiger partial charge is 0.477 e. The number of carbonyl (C=O) groups excluding carboxylic acids is 1. The Morgan fingerprint density at radius 2 is 1.88 bits per heavy atom. The predicted octanol–water partition coefficient (Wildman–Crippen LogP) is 2.40. The van der Waals surface area contributed by atoms with E-state index in [-0.39, 0.29) is 34.9 Å². The van der Waals surface area contributed by atoms with Gasteiger partial charge in [0.25, 0.3) is 0 Å². The molecule has 4 N–H and O–H groups in total. The van der Waals surface area contributed by atoms with Crippen molar-refractivity contribution in [3.8, 4) is 0 Å². The van der Waals surface area contributed by atoms with E-state index in [1.165, 1.54) is 28.9 Å². The Balaban J connectivity index is 1.28. The third-order valence-electron chi connectivity index (χ3n) is 7.50. The molecule has 5 rings (SSSR count). The minimum Gasteiger partial charge on any atom is -0.477 e. The fraction of sp³-hybridized carbons (Fsp3) is 0.583. The number of hydrogen-bond acceptors (Lipinski definition) is 6. The van der Waals surface area contributed by atoms with Crippen LogP contribution in [0.1, 0.15) is 56.3 Å². The number of β-lactam (4-membered cyclic amide) rings is 1. The molecule has 172 valence electrons. The van der Waals surface area contributed by atoms with Crippen LogP contribution in [0.4, 0.5) is 0 Å². The van der Waals surface area contributed by atoms with E-state index >= 15 is 0 Å². The number of aliphatic hydroxyl groups is 1. The molecule has 7 atom stereocenters. The first kappa shape index (κ1) is 21.9. The summed E-state index contributed by atoms with van der Waals surface area (Å²) in [6.07, 6.45) is 2.55. The van der Waals surface area contributed by atoms with E-state index in [4.69, 9.17) is 0 Å². The lowest BCUT2D eigenvalue weighted by Gasteiger charge is -2.46. The molecule has 0 radical (unpaired) electrons. The van der Waals surface area contributed by atoms with Gasteiger partial charge in [-0.2, -0.15) is 0 Å². The van der Waals surface area contributed by atoms with Gasteiger partial charge in [-0.3, -0.25) is 4.79 Å². The van der Waals surface area contributed by atoms with Crippen LogP contribution in [0.25, 0.3) is 0 Å². The van der Waals surface area contributed by atoms with Crippen molar-refractivity contribution < 1.29 is 19.8 Å². The first-order valence-electron chi connectivity index (χ1n) is 11.6. The van der Waals surface area contributed by atoms with Crippen LogP contribution in [0.3, 0.4) is 0 Å². The van der Waals surface area contributed by atoms with Crippen LogP contribution in [0.5, 0.6) is 0 Å². The number of carbonyl (C=O) groups is 2. The highest BCUT2D eigenvalue weighted by Crippen LogP contribution is 2.52. The molecule has 1 amide bonds. The van der Waals surface area contributed by atoms with Gasteiger partial charge in [-0.25, -0.2) is 4.79 Å². The van der Waals surface area contributed by atoms with E-state index in [0.29, 0.717) is 6.04 Å². The number of hydrogen-bond donors (Lipinski definition) is 4. The Labute approximate surface area is 192 Å². The molecule has 4 heterocycles. The van der Waals surface area contributed by atoms with Crippen molar-refractivity contribution in [2.75, 3.05) is 13.1 Å². The third kappa shape index (κ3) is 3.57. The molecular formula is C24H31N3O4S. The second-order valence-corrected chi connectivity index (χ2v) is 10.9. The standard InChI is InChI=1S/C24H31N3O4S/c1-12-20-19(13(2)28)23(29)27(20)21(24(30)31)22(12)32-16-10-18(26-11-16)15-7-5-14(6-8-15)17-4-3-9-25-17/h5-8,12-13,16-20,25-26,28H,3-4,9-11H2,1-2H3,(H,30,31)/t12-,13-,16+,17+,18-,19-,20-/m1/s1. The second-order valence-electron chi connectivity index (χ2n) is 9.52. The summed E-state index contributed by atoms with van der Waals surface area (Å²) < 4.78 is 0. The molecule has 4 aliphatic rings. The average Bonchev–Trinajstić information content (AvgIpc) is 3.49. The summed E-state index contributed by atoms with van der Waals surface area (Å²) in [5.41, 5.74) is 2.72. The molecule has 1 aromatic carbocycles. The van der Waals surface area contributed by atoms with Crippen LogP contribution in [0.15, 0.2) is 34.9 Å². The predicted molar refractivity (Wildman–Crippen MR) is 123 cm³/mol. The zero-order valence-electron chi connectivity index (χ0n) is 18.5. The van der Waals surface area contributed by atoms with Crippen molar-refractivity contribution in [1.82, 2.24) is 15.5 Å². The molecule has 3 saturated heterocycles. The van der Waals surface area contributed by atoms with Gasteiger partial charge in [0, 0.05) is 34.7 Å². The Morgan fingerprint density at radius 1 is 1.19 bits per heavy atom. The Kier molecular flexibility index (Phi) is 5.82. The maximum Gasteiger partial charge on any atom is 0.353 e. The monoisotopic (exact) mass is 457 g/mol. The fourth-order valence-corrected chi connectivity index (χ4v) is 7.31. The van der Waals surface area contributed by atoms with Gasteiger partial charge in [-0.1, -0.05) is 31.2 Å². The van der Waals surface area contributed by atoms with Gasteiger partial charge >= 0.3 is 5.97 Å². The molecule has 0 aliphatic carbocycles. The summed E-state index contributed by atoms with van der Waals surface area (Å²) >= 11 is 1.60. The molecule has 0 saturated carbocycles. The summed E-state index contributed by atoms with van der Waals surface area (Å²) in [5, 5.41) is 27.2. The highest BCUT2D eigenvalue weighted by molar-refractivity contribution is 8.03. The van der Waals surface area contributed by atoms with E-state index < -0.39 is 18.0 Å². The maximum atomic E-state index is 12.5. The SMILES string of the molecule is C[C@@H](O)[C@H]1C(=O)N2C(C(=O)O)=C(S[C@@H]3CN[C@@H](c4ccc([C@@H]5CCCN5)cc4)C3)[C@H](C)[C@H]12. The minimum absolute atomic E-state index is 0.0827. The van der Waals surface area contributed by atoms with Crippen molar-refractivity contribution >= 4 is 23.6 Å². The fourth-order valence-electron chi connectivity index (χ4n) is 5.83. The number of aliphatic carboxylic acids is 1. The van der Waals surface area contributed by atoms with Gasteiger partial charge in [-0.05, 0) is 43.9 Å². The van der Waals surface area contributed by atoms with E-state index in [1.807, 2.05) is 6.92 Å². The van der Waals surface area contributed by atoms with Crippen molar-refractivity contribution in [2.24, 2.45) is 11.8 Å². The van der Waals surface area contributed by atoms with Gasteiger partial charge in [0.05, 0.1) is 18.1 Å². The number of carboxylic acids is 1. The van der Waals surface area contributed by atoms with E-state index in [9.17, 15) is 19.8 Å².